The van der Waals surface area contributed by atoms with E-state index in [-0.39, 0.29) is 13.1 Å². The molecule has 3 N–H and O–H groups in total. The number of nitrogens with two attached hydrogens (primary N) is 1. The molecule has 0 aliphatic rings. The van der Waals surface area contributed by atoms with E-state index >= 15 is 0 Å². The normalized spacial score (nSPS) is 11.6. The van der Waals surface area contributed by atoms with Gasteiger partial charge in [0.05, 0.1) is 12.8 Å². The highest BCUT2D eigenvalue weighted by molar-refractivity contribution is 7.88. The molecule has 0 saturated carbocycles. The van der Waals surface area contributed by atoms with Crippen molar-refractivity contribution in [2.45, 2.75) is 6.54 Å². The van der Waals surface area contributed by atoms with Crippen LogP contribution < -0.4 is 11.3 Å². The number of halogens is 1. The number of carbonyl (C=O) groups is 1. The predicted octanol–water partition coefficient (Wildman–Crippen LogP) is -0.423. The highest BCUT2D eigenvalue weighted by Gasteiger charge is 2.19. The predicted molar refractivity (Wildman–Crippen MR) is 64.0 cm³/mol. The van der Waals surface area contributed by atoms with Crippen LogP contribution in [0.5, 0.6) is 0 Å². The molecule has 18 heavy (non-hydrogen) atoms. The molecule has 0 aromatic heterocycles. The molecule has 0 unspecified atom stereocenters. The molecule has 1 amide bonds. The highest BCUT2D eigenvalue weighted by Crippen LogP contribution is 2.09. The smallest absolute Gasteiger partial charge is 0.249 e. The Balaban J connectivity index is 2.85. The van der Waals surface area contributed by atoms with Crippen LogP contribution >= 0.6 is 0 Å². The van der Waals surface area contributed by atoms with Crippen LogP contribution in [0.1, 0.15) is 5.56 Å². The lowest BCUT2D eigenvalue weighted by Crippen LogP contribution is -2.42. The molecule has 0 spiro atoms. The fourth-order valence-electron chi connectivity index (χ4n) is 1.29. The molecular formula is C10H14FN3O3S. The van der Waals surface area contributed by atoms with Gasteiger partial charge in [0.25, 0.3) is 0 Å². The van der Waals surface area contributed by atoms with Gasteiger partial charge in [0, 0.05) is 6.54 Å². The molecule has 8 heteroatoms. The molecule has 100 valence electrons. The number of sulfonamides is 1. The molecule has 0 heterocycles. The lowest BCUT2D eigenvalue weighted by molar-refractivity contribution is -0.121. The first kappa shape index (κ1) is 14.6. The van der Waals surface area contributed by atoms with Crippen LogP contribution in [0.4, 0.5) is 4.39 Å². The second-order valence-corrected chi connectivity index (χ2v) is 5.71. The maximum absolute atomic E-state index is 12.7. The van der Waals surface area contributed by atoms with Crippen molar-refractivity contribution < 1.29 is 17.6 Å². The first-order valence-electron chi connectivity index (χ1n) is 5.02. The van der Waals surface area contributed by atoms with E-state index in [1.54, 1.807) is 0 Å². The Bertz CT molecular complexity index is 516. The fraction of sp³-hybridized carbons (Fsp3) is 0.300. The zero-order valence-corrected chi connectivity index (χ0v) is 10.6. The van der Waals surface area contributed by atoms with E-state index in [4.69, 9.17) is 5.84 Å². The maximum atomic E-state index is 12.7. The number of hydrazine groups is 1. The number of hydrogen-bond acceptors (Lipinski definition) is 4. The first-order valence-corrected chi connectivity index (χ1v) is 6.87. The Hall–Kier alpha value is -1.51. The molecule has 0 fully saturated rings. The van der Waals surface area contributed by atoms with Crippen molar-refractivity contribution in [1.82, 2.24) is 9.73 Å². The molecule has 1 aromatic carbocycles. The fourth-order valence-corrected chi connectivity index (χ4v) is 2.03. The van der Waals surface area contributed by atoms with Crippen molar-refractivity contribution >= 4 is 15.9 Å². The van der Waals surface area contributed by atoms with Gasteiger partial charge in [-0.05, 0) is 17.7 Å². The Labute approximate surface area is 105 Å². The van der Waals surface area contributed by atoms with Crippen LogP contribution in [-0.4, -0.2) is 31.4 Å². The van der Waals surface area contributed by atoms with Gasteiger partial charge in [0.15, 0.2) is 0 Å². The van der Waals surface area contributed by atoms with Crippen LogP contribution in [0.2, 0.25) is 0 Å². The number of nitrogens with one attached hydrogen (secondary N) is 1. The van der Waals surface area contributed by atoms with E-state index < -0.39 is 21.7 Å². The zero-order chi connectivity index (χ0) is 13.8. The third kappa shape index (κ3) is 4.40. The summed E-state index contributed by atoms with van der Waals surface area (Å²) in [5, 5.41) is 0. The molecule has 0 aliphatic carbocycles. The van der Waals surface area contributed by atoms with Gasteiger partial charge in [-0.1, -0.05) is 12.1 Å². The van der Waals surface area contributed by atoms with Gasteiger partial charge >= 0.3 is 0 Å². The van der Waals surface area contributed by atoms with Crippen LogP contribution in [-0.2, 0) is 21.4 Å². The van der Waals surface area contributed by atoms with Crippen molar-refractivity contribution in [1.29, 1.82) is 0 Å². The molecule has 6 nitrogen and oxygen atoms in total. The molecule has 0 bridgehead atoms. The molecular weight excluding hydrogens is 261 g/mol. The summed E-state index contributed by atoms with van der Waals surface area (Å²) in [6, 6.07) is 5.35. The maximum Gasteiger partial charge on any atom is 0.249 e. The van der Waals surface area contributed by atoms with Crippen molar-refractivity contribution in [2.24, 2.45) is 5.84 Å². The topological polar surface area (TPSA) is 92.5 Å². The third-order valence-electron chi connectivity index (χ3n) is 2.22. The van der Waals surface area contributed by atoms with Gasteiger partial charge in [0.1, 0.15) is 5.82 Å². The number of benzene rings is 1. The average Bonchev–Trinajstić information content (AvgIpc) is 2.29. The second-order valence-electron chi connectivity index (χ2n) is 3.73. The lowest BCUT2D eigenvalue weighted by atomic mass is 10.2. The molecule has 1 aromatic rings. The van der Waals surface area contributed by atoms with Crippen LogP contribution in [0, 0.1) is 5.82 Å². The van der Waals surface area contributed by atoms with E-state index in [0.717, 1.165) is 10.6 Å². The minimum atomic E-state index is -3.56. The van der Waals surface area contributed by atoms with Crippen molar-refractivity contribution in [2.75, 3.05) is 12.8 Å². The quantitative estimate of drug-likeness (QED) is 0.433. The minimum Gasteiger partial charge on any atom is -0.293 e. The van der Waals surface area contributed by atoms with Crippen LogP contribution in [0.15, 0.2) is 24.3 Å². The average molecular weight is 275 g/mol. The van der Waals surface area contributed by atoms with Crippen molar-refractivity contribution in [3.05, 3.63) is 35.6 Å². The van der Waals surface area contributed by atoms with Crippen LogP contribution in [0.3, 0.4) is 0 Å². The first-order chi connectivity index (χ1) is 8.32. The van der Waals surface area contributed by atoms with E-state index in [9.17, 15) is 17.6 Å². The van der Waals surface area contributed by atoms with Gasteiger partial charge in [0.2, 0.25) is 15.9 Å². The number of amides is 1. The third-order valence-corrected chi connectivity index (χ3v) is 3.42. The number of nitrogens with zero attached hydrogens (tertiary/aromatic N) is 1. The SMILES string of the molecule is CS(=O)(=O)N(CC(=O)NN)Cc1ccc(F)cc1. The molecule has 0 radical (unpaired) electrons. The largest absolute Gasteiger partial charge is 0.293 e. The summed E-state index contributed by atoms with van der Waals surface area (Å²) in [5.74, 6) is 3.87. The van der Waals surface area contributed by atoms with E-state index in [0.29, 0.717) is 5.56 Å². The summed E-state index contributed by atoms with van der Waals surface area (Å²) in [7, 11) is -3.56. The highest BCUT2D eigenvalue weighted by atomic mass is 32.2. The summed E-state index contributed by atoms with van der Waals surface area (Å²) in [5.41, 5.74) is 2.43. The van der Waals surface area contributed by atoms with Crippen molar-refractivity contribution in [3.63, 3.8) is 0 Å². The van der Waals surface area contributed by atoms with Gasteiger partial charge < -0.3 is 0 Å². The molecule has 0 saturated heterocycles. The molecule has 0 aliphatic heterocycles. The second kappa shape index (κ2) is 5.89. The number of hydrogen-bond donors (Lipinski definition) is 2. The van der Waals surface area contributed by atoms with Crippen molar-refractivity contribution in [3.8, 4) is 0 Å². The molecule has 0 atom stereocenters. The molecule has 1 rings (SSSR count). The standard InChI is InChI=1S/C10H14FN3O3S/c1-18(16,17)14(7-10(15)13-12)6-8-2-4-9(11)5-3-8/h2-5H,6-7,12H2,1H3,(H,13,15). The summed E-state index contributed by atoms with van der Waals surface area (Å²) in [4.78, 5) is 11.1. The lowest BCUT2D eigenvalue weighted by Gasteiger charge is -2.18. The van der Waals surface area contributed by atoms with Crippen LogP contribution in [0.25, 0.3) is 0 Å². The number of carbonyl (C=O) groups excluding carboxylic acids is 1. The van der Waals surface area contributed by atoms with E-state index in [1.165, 1.54) is 24.3 Å². The summed E-state index contributed by atoms with van der Waals surface area (Å²) < 4.78 is 36.6. The van der Waals surface area contributed by atoms with Gasteiger partial charge in [-0.25, -0.2) is 18.7 Å². The van der Waals surface area contributed by atoms with E-state index in [1.807, 2.05) is 5.43 Å². The Kier molecular flexibility index (Phi) is 4.76. The Morgan fingerprint density at radius 2 is 1.94 bits per heavy atom. The zero-order valence-electron chi connectivity index (χ0n) is 9.76. The summed E-state index contributed by atoms with van der Waals surface area (Å²) >= 11 is 0. The van der Waals surface area contributed by atoms with Gasteiger partial charge in [-0.3, -0.25) is 10.2 Å². The monoisotopic (exact) mass is 275 g/mol. The Morgan fingerprint density at radius 3 is 2.39 bits per heavy atom. The Morgan fingerprint density at radius 1 is 1.39 bits per heavy atom. The number of rotatable bonds is 5. The minimum absolute atomic E-state index is 0.0213. The summed E-state index contributed by atoms with van der Waals surface area (Å²) in [6.07, 6.45) is 0.986. The van der Waals surface area contributed by atoms with E-state index in [2.05, 4.69) is 0 Å². The van der Waals surface area contributed by atoms with Gasteiger partial charge in [-0.2, -0.15) is 4.31 Å². The summed E-state index contributed by atoms with van der Waals surface area (Å²) in [6.45, 7) is -0.404. The van der Waals surface area contributed by atoms with Gasteiger partial charge in [-0.15, -0.1) is 0 Å².